The van der Waals surface area contributed by atoms with Gasteiger partial charge in [0.2, 0.25) is 6.41 Å². The summed E-state index contributed by atoms with van der Waals surface area (Å²) in [5.74, 6) is 0. The number of ether oxygens (including phenoxy) is 2. The Hall–Kier alpha value is -1.92. The molecular weight excluding hydrogens is 414 g/mol. The number of rotatable bonds is 10. The summed E-state index contributed by atoms with van der Waals surface area (Å²) in [6.45, 7) is 4.00. The Morgan fingerprint density at radius 1 is 1.29 bits per heavy atom. The van der Waals surface area contributed by atoms with Crippen molar-refractivity contribution < 1.29 is 19.4 Å². The van der Waals surface area contributed by atoms with E-state index < -0.39 is 11.7 Å². The van der Waals surface area contributed by atoms with Crippen LogP contribution >= 0.6 is 11.6 Å². The molecule has 1 amide bonds. The van der Waals surface area contributed by atoms with Crippen LogP contribution in [0.2, 0.25) is 5.02 Å². The van der Waals surface area contributed by atoms with E-state index in [1.54, 1.807) is 12.0 Å². The number of morpholine rings is 1. The van der Waals surface area contributed by atoms with E-state index in [4.69, 9.17) is 21.1 Å². The largest absolute Gasteiger partial charge is 0.385 e. The molecule has 1 unspecified atom stereocenters. The van der Waals surface area contributed by atoms with Gasteiger partial charge in [0.15, 0.2) is 0 Å². The lowest BCUT2D eigenvalue weighted by Gasteiger charge is -2.42. The third-order valence-electron chi connectivity index (χ3n) is 6.04. The summed E-state index contributed by atoms with van der Waals surface area (Å²) in [6.07, 6.45) is 3.25. The Kier molecular flexibility index (Phi) is 8.50. The van der Waals surface area contributed by atoms with Gasteiger partial charge in [0.05, 0.1) is 6.61 Å². The first-order chi connectivity index (χ1) is 15.0. The Morgan fingerprint density at radius 2 is 2.10 bits per heavy atom. The van der Waals surface area contributed by atoms with Gasteiger partial charge in [0.1, 0.15) is 11.7 Å². The topological polar surface area (TPSA) is 59.0 Å². The van der Waals surface area contributed by atoms with Crippen LogP contribution in [0.1, 0.15) is 37.3 Å². The molecular formula is C25H32ClNO4. The van der Waals surface area contributed by atoms with Gasteiger partial charge >= 0.3 is 0 Å². The Balaban J connectivity index is 2.08. The minimum atomic E-state index is -1.29. The van der Waals surface area contributed by atoms with Crippen molar-refractivity contribution in [3.05, 3.63) is 58.6 Å². The standard InChI is InChI=1S/C25H32ClNO4/c1-3-19-8-6-9-20(16-19)24-21(10-7-11-22(24)26)25(29,12-4-5-14-30-2)23-17-27(18-28)13-15-31-23/h6-11,16,18,23,29H,3-5,12-15,17H2,1-2H3/t23?,25-/m1/s1. The maximum atomic E-state index is 12.1. The molecule has 1 saturated heterocycles. The molecule has 1 aliphatic heterocycles. The number of halogens is 1. The van der Waals surface area contributed by atoms with Crippen LogP contribution in [0.25, 0.3) is 11.1 Å². The zero-order valence-electron chi connectivity index (χ0n) is 18.4. The average molecular weight is 446 g/mol. The van der Waals surface area contributed by atoms with Crippen molar-refractivity contribution in [3.63, 3.8) is 0 Å². The number of aryl methyl sites for hydroxylation is 1. The van der Waals surface area contributed by atoms with E-state index in [-0.39, 0.29) is 0 Å². The summed E-state index contributed by atoms with van der Waals surface area (Å²) in [7, 11) is 1.67. The van der Waals surface area contributed by atoms with Gasteiger partial charge in [0.25, 0.3) is 0 Å². The van der Waals surface area contributed by atoms with Crippen LogP contribution < -0.4 is 0 Å². The van der Waals surface area contributed by atoms with Crippen molar-refractivity contribution >= 4 is 18.0 Å². The van der Waals surface area contributed by atoms with E-state index in [9.17, 15) is 9.90 Å². The van der Waals surface area contributed by atoms with E-state index in [0.717, 1.165) is 42.4 Å². The molecule has 2 aromatic rings. The molecule has 1 heterocycles. The Morgan fingerprint density at radius 3 is 2.84 bits per heavy atom. The summed E-state index contributed by atoms with van der Waals surface area (Å²) >= 11 is 6.71. The van der Waals surface area contributed by atoms with Gasteiger partial charge in [-0.1, -0.05) is 54.9 Å². The molecule has 2 aromatic carbocycles. The zero-order chi connectivity index (χ0) is 22.3. The van der Waals surface area contributed by atoms with Gasteiger partial charge in [-0.05, 0) is 48.4 Å². The number of aliphatic hydroxyl groups is 1. The van der Waals surface area contributed by atoms with E-state index >= 15 is 0 Å². The van der Waals surface area contributed by atoms with Crippen LogP contribution in [0.4, 0.5) is 0 Å². The molecule has 168 valence electrons. The predicted octanol–water partition coefficient (Wildman–Crippen LogP) is 4.43. The molecule has 1 N–H and O–H groups in total. The normalized spacial score (nSPS) is 18.6. The molecule has 0 saturated carbocycles. The van der Waals surface area contributed by atoms with Crippen molar-refractivity contribution in [2.24, 2.45) is 0 Å². The molecule has 0 aliphatic carbocycles. The molecule has 0 spiro atoms. The van der Waals surface area contributed by atoms with E-state index in [1.165, 1.54) is 5.56 Å². The van der Waals surface area contributed by atoms with Crippen molar-refractivity contribution in [1.29, 1.82) is 0 Å². The van der Waals surface area contributed by atoms with Crippen molar-refractivity contribution in [2.45, 2.75) is 44.3 Å². The molecule has 0 radical (unpaired) electrons. The molecule has 31 heavy (non-hydrogen) atoms. The molecule has 0 bridgehead atoms. The third-order valence-corrected chi connectivity index (χ3v) is 6.35. The van der Waals surface area contributed by atoms with Crippen LogP contribution in [0.5, 0.6) is 0 Å². The first-order valence-corrected chi connectivity index (χ1v) is 11.3. The van der Waals surface area contributed by atoms with E-state index in [0.29, 0.717) is 37.7 Å². The van der Waals surface area contributed by atoms with Gasteiger partial charge < -0.3 is 19.5 Å². The summed E-state index contributed by atoms with van der Waals surface area (Å²) in [4.78, 5) is 13.1. The number of amides is 1. The Bertz CT molecular complexity index is 874. The zero-order valence-corrected chi connectivity index (χ0v) is 19.1. The SMILES string of the molecule is CCc1cccc(-c2c(Cl)cccc2[C@](O)(CCCCOC)C2CN(C=O)CCO2)c1. The summed E-state index contributed by atoms with van der Waals surface area (Å²) < 4.78 is 11.2. The number of hydrogen-bond donors (Lipinski definition) is 1. The summed E-state index contributed by atoms with van der Waals surface area (Å²) in [6, 6.07) is 13.9. The fourth-order valence-corrected chi connectivity index (χ4v) is 4.57. The maximum absolute atomic E-state index is 12.1. The number of carbonyl (C=O) groups is 1. The van der Waals surface area contributed by atoms with Crippen molar-refractivity contribution in [1.82, 2.24) is 4.90 Å². The second-order valence-corrected chi connectivity index (χ2v) is 8.46. The molecule has 6 heteroatoms. The monoisotopic (exact) mass is 445 g/mol. The molecule has 5 nitrogen and oxygen atoms in total. The van der Waals surface area contributed by atoms with E-state index in [2.05, 4.69) is 19.1 Å². The summed E-state index contributed by atoms with van der Waals surface area (Å²) in [5.41, 5.74) is 2.44. The lowest BCUT2D eigenvalue weighted by Crippen LogP contribution is -2.52. The number of unbranched alkanes of at least 4 members (excludes halogenated alkanes) is 1. The highest BCUT2D eigenvalue weighted by Gasteiger charge is 2.43. The van der Waals surface area contributed by atoms with Crippen molar-refractivity contribution in [2.75, 3.05) is 33.4 Å². The summed E-state index contributed by atoms with van der Waals surface area (Å²) in [5, 5.41) is 12.7. The molecule has 1 fully saturated rings. The minimum Gasteiger partial charge on any atom is -0.385 e. The highest BCUT2D eigenvalue weighted by molar-refractivity contribution is 6.33. The van der Waals surface area contributed by atoms with Crippen molar-refractivity contribution in [3.8, 4) is 11.1 Å². The second kappa shape index (κ2) is 11.1. The highest BCUT2D eigenvalue weighted by Crippen LogP contribution is 2.43. The second-order valence-electron chi connectivity index (χ2n) is 8.05. The molecule has 0 aromatic heterocycles. The van der Waals surface area contributed by atoms with Crippen LogP contribution in [0.15, 0.2) is 42.5 Å². The fourth-order valence-electron chi connectivity index (χ4n) is 4.29. The Labute approximate surface area is 189 Å². The van der Waals surface area contributed by atoms with Crippen LogP contribution in [0.3, 0.4) is 0 Å². The highest BCUT2D eigenvalue weighted by atomic mass is 35.5. The number of methoxy groups -OCH3 is 1. The number of hydrogen-bond acceptors (Lipinski definition) is 4. The third kappa shape index (κ3) is 5.47. The number of nitrogens with zero attached hydrogens (tertiary/aromatic N) is 1. The lowest BCUT2D eigenvalue weighted by atomic mass is 9.79. The molecule has 2 atom stereocenters. The van der Waals surface area contributed by atoms with Gasteiger partial charge in [-0.25, -0.2) is 0 Å². The minimum absolute atomic E-state index is 0.339. The fraction of sp³-hybridized carbons (Fsp3) is 0.480. The number of carbonyl (C=O) groups excluding carboxylic acids is 1. The van der Waals surface area contributed by atoms with Crippen LogP contribution in [-0.2, 0) is 26.3 Å². The van der Waals surface area contributed by atoms with Gasteiger partial charge in [-0.3, -0.25) is 4.79 Å². The van der Waals surface area contributed by atoms with E-state index in [1.807, 2.05) is 30.3 Å². The van der Waals surface area contributed by atoms with Gasteiger partial charge in [-0.2, -0.15) is 0 Å². The van der Waals surface area contributed by atoms with Crippen LogP contribution in [-0.4, -0.2) is 55.9 Å². The van der Waals surface area contributed by atoms with Crippen LogP contribution in [0, 0.1) is 0 Å². The van der Waals surface area contributed by atoms with Gasteiger partial charge in [0, 0.05) is 37.4 Å². The number of benzene rings is 2. The quantitative estimate of drug-likeness (QED) is 0.434. The molecule has 3 rings (SSSR count). The van der Waals surface area contributed by atoms with Gasteiger partial charge in [-0.15, -0.1) is 0 Å². The smallest absolute Gasteiger partial charge is 0.209 e. The maximum Gasteiger partial charge on any atom is 0.209 e. The first kappa shape index (κ1) is 23.7. The average Bonchev–Trinajstić information content (AvgIpc) is 2.81. The lowest BCUT2D eigenvalue weighted by molar-refractivity contribution is -0.158. The predicted molar refractivity (Wildman–Crippen MR) is 123 cm³/mol. The first-order valence-electron chi connectivity index (χ1n) is 10.9. The molecule has 1 aliphatic rings.